The molecule has 2 amide bonds. The molecule has 1 atom stereocenters. The first kappa shape index (κ1) is 21.7. The SMILES string of the molecule is CCOC(=O)C1CN(C(=O)OC(C)(C)C)CCN1C(=O)c1cccc(C)c1C. The molecule has 1 aromatic rings. The van der Waals surface area contributed by atoms with Crippen molar-refractivity contribution in [1.29, 1.82) is 0 Å². The third kappa shape index (κ3) is 5.03. The predicted molar refractivity (Wildman–Crippen MR) is 105 cm³/mol. The van der Waals surface area contributed by atoms with E-state index < -0.39 is 23.7 Å². The first-order valence-corrected chi connectivity index (χ1v) is 9.57. The Morgan fingerprint density at radius 2 is 1.82 bits per heavy atom. The second-order valence-electron chi connectivity index (χ2n) is 7.94. The van der Waals surface area contributed by atoms with Crippen molar-refractivity contribution in [3.05, 3.63) is 34.9 Å². The number of aryl methyl sites for hydroxylation is 1. The van der Waals surface area contributed by atoms with Crippen molar-refractivity contribution in [2.24, 2.45) is 0 Å². The molecule has 0 radical (unpaired) electrons. The van der Waals surface area contributed by atoms with Gasteiger partial charge in [-0.2, -0.15) is 0 Å². The number of hydrogen-bond donors (Lipinski definition) is 0. The molecule has 7 nitrogen and oxygen atoms in total. The Labute approximate surface area is 166 Å². The largest absolute Gasteiger partial charge is 0.464 e. The fourth-order valence-corrected chi connectivity index (χ4v) is 3.10. The van der Waals surface area contributed by atoms with Crippen molar-refractivity contribution in [2.45, 2.75) is 53.2 Å². The van der Waals surface area contributed by atoms with Gasteiger partial charge in [0.05, 0.1) is 13.2 Å². The van der Waals surface area contributed by atoms with Gasteiger partial charge in [-0.3, -0.25) is 4.79 Å². The average Bonchev–Trinajstić information content (AvgIpc) is 2.61. The zero-order valence-electron chi connectivity index (χ0n) is 17.6. The summed E-state index contributed by atoms with van der Waals surface area (Å²) in [5.41, 5.74) is 1.80. The Kier molecular flexibility index (Phi) is 6.69. The molecule has 1 saturated heterocycles. The number of nitrogens with zero attached hydrogens (tertiary/aromatic N) is 2. The lowest BCUT2D eigenvalue weighted by atomic mass is 10.0. The molecular weight excluding hydrogens is 360 g/mol. The second kappa shape index (κ2) is 8.63. The van der Waals surface area contributed by atoms with Crippen LogP contribution in [0.5, 0.6) is 0 Å². The Morgan fingerprint density at radius 3 is 2.43 bits per heavy atom. The normalized spacial score (nSPS) is 17.3. The van der Waals surface area contributed by atoms with E-state index in [0.717, 1.165) is 11.1 Å². The van der Waals surface area contributed by atoms with Crippen molar-refractivity contribution in [2.75, 3.05) is 26.2 Å². The van der Waals surface area contributed by atoms with Crippen LogP contribution in [-0.2, 0) is 14.3 Å². The molecule has 0 saturated carbocycles. The molecule has 154 valence electrons. The van der Waals surface area contributed by atoms with Gasteiger partial charge in [-0.15, -0.1) is 0 Å². The highest BCUT2D eigenvalue weighted by Gasteiger charge is 2.39. The van der Waals surface area contributed by atoms with Crippen LogP contribution in [0.15, 0.2) is 18.2 Å². The number of esters is 1. The molecule has 1 heterocycles. The molecule has 1 unspecified atom stereocenters. The number of piperazine rings is 1. The van der Waals surface area contributed by atoms with E-state index in [1.165, 1.54) is 9.80 Å². The van der Waals surface area contributed by atoms with Crippen LogP contribution in [0.4, 0.5) is 4.79 Å². The van der Waals surface area contributed by atoms with E-state index in [-0.39, 0.29) is 25.6 Å². The molecule has 7 heteroatoms. The summed E-state index contributed by atoms with van der Waals surface area (Å²) in [4.78, 5) is 41.1. The van der Waals surface area contributed by atoms with E-state index >= 15 is 0 Å². The minimum atomic E-state index is -0.867. The Morgan fingerprint density at radius 1 is 1.14 bits per heavy atom. The fourth-order valence-electron chi connectivity index (χ4n) is 3.10. The lowest BCUT2D eigenvalue weighted by Gasteiger charge is -2.40. The number of carbonyl (C=O) groups excluding carboxylic acids is 3. The molecule has 0 bridgehead atoms. The standard InChI is InChI=1S/C21H30N2O5/c1-7-27-19(25)17-13-22(20(26)28-21(4,5)6)11-12-23(17)18(24)16-10-8-9-14(2)15(16)3/h8-10,17H,7,11-13H2,1-6H3. The molecule has 0 aliphatic carbocycles. The minimum absolute atomic E-state index is 0.0460. The summed E-state index contributed by atoms with van der Waals surface area (Å²) < 4.78 is 10.6. The molecule has 2 rings (SSSR count). The van der Waals surface area contributed by atoms with Crippen molar-refractivity contribution < 1.29 is 23.9 Å². The summed E-state index contributed by atoms with van der Waals surface area (Å²) in [5.74, 6) is -0.752. The van der Waals surface area contributed by atoms with Crippen molar-refractivity contribution in [3.63, 3.8) is 0 Å². The summed E-state index contributed by atoms with van der Waals surface area (Å²) in [7, 11) is 0. The van der Waals surface area contributed by atoms with Crippen LogP contribution >= 0.6 is 0 Å². The molecule has 28 heavy (non-hydrogen) atoms. The van der Waals surface area contributed by atoms with Gasteiger partial charge in [0.2, 0.25) is 0 Å². The fraction of sp³-hybridized carbons (Fsp3) is 0.571. The molecule has 1 aliphatic rings. The highest BCUT2D eigenvalue weighted by atomic mass is 16.6. The number of benzene rings is 1. The number of ether oxygens (including phenoxy) is 2. The van der Waals surface area contributed by atoms with Crippen molar-refractivity contribution in [3.8, 4) is 0 Å². The van der Waals surface area contributed by atoms with Crippen LogP contribution in [0.2, 0.25) is 0 Å². The molecule has 1 aliphatic heterocycles. The van der Waals surface area contributed by atoms with E-state index in [9.17, 15) is 14.4 Å². The predicted octanol–water partition coefficient (Wildman–Crippen LogP) is 2.93. The summed E-state index contributed by atoms with van der Waals surface area (Å²) in [6.45, 7) is 11.7. The third-order valence-electron chi connectivity index (χ3n) is 4.69. The van der Waals surface area contributed by atoms with E-state index in [4.69, 9.17) is 9.47 Å². The maximum absolute atomic E-state index is 13.2. The van der Waals surface area contributed by atoms with Gasteiger partial charge in [-0.25, -0.2) is 9.59 Å². The van der Waals surface area contributed by atoms with Crippen LogP contribution in [0.25, 0.3) is 0 Å². The smallest absolute Gasteiger partial charge is 0.410 e. The average molecular weight is 390 g/mol. The van der Waals surface area contributed by atoms with Crippen molar-refractivity contribution >= 4 is 18.0 Å². The van der Waals surface area contributed by atoms with Gasteiger partial charge in [-0.1, -0.05) is 12.1 Å². The molecular formula is C21H30N2O5. The summed E-state index contributed by atoms with van der Waals surface area (Å²) in [5, 5.41) is 0. The summed E-state index contributed by atoms with van der Waals surface area (Å²) in [6.07, 6.45) is -0.499. The van der Waals surface area contributed by atoms with Crippen LogP contribution < -0.4 is 0 Å². The lowest BCUT2D eigenvalue weighted by Crippen LogP contribution is -2.60. The first-order valence-electron chi connectivity index (χ1n) is 9.57. The van der Waals surface area contributed by atoms with Gasteiger partial charge in [0.1, 0.15) is 11.6 Å². The van der Waals surface area contributed by atoms with E-state index in [0.29, 0.717) is 12.1 Å². The van der Waals surface area contributed by atoms with Crippen LogP contribution in [0, 0.1) is 13.8 Å². The van der Waals surface area contributed by atoms with Gasteiger partial charge < -0.3 is 19.3 Å². The summed E-state index contributed by atoms with van der Waals surface area (Å²) in [6, 6.07) is 4.66. The van der Waals surface area contributed by atoms with Crippen LogP contribution in [-0.4, -0.2) is 65.7 Å². The van der Waals surface area contributed by atoms with Crippen molar-refractivity contribution in [1.82, 2.24) is 9.80 Å². The van der Waals surface area contributed by atoms with Gasteiger partial charge >= 0.3 is 12.1 Å². The van der Waals surface area contributed by atoms with E-state index in [1.54, 1.807) is 33.8 Å². The first-order chi connectivity index (χ1) is 13.0. The topological polar surface area (TPSA) is 76.2 Å². The molecule has 0 spiro atoms. The maximum Gasteiger partial charge on any atom is 0.410 e. The molecule has 0 N–H and O–H groups in total. The zero-order chi connectivity index (χ0) is 21.1. The lowest BCUT2D eigenvalue weighted by molar-refractivity contribution is -0.150. The molecule has 1 fully saturated rings. The highest BCUT2D eigenvalue weighted by molar-refractivity contribution is 5.98. The number of hydrogen-bond acceptors (Lipinski definition) is 5. The highest BCUT2D eigenvalue weighted by Crippen LogP contribution is 2.21. The maximum atomic E-state index is 13.2. The van der Waals surface area contributed by atoms with Gasteiger partial charge in [0.25, 0.3) is 5.91 Å². The Balaban J connectivity index is 2.26. The number of amides is 2. The van der Waals surface area contributed by atoms with E-state index in [2.05, 4.69) is 0 Å². The second-order valence-corrected chi connectivity index (χ2v) is 7.94. The Hall–Kier alpha value is -2.57. The van der Waals surface area contributed by atoms with Gasteiger partial charge in [-0.05, 0) is 58.7 Å². The number of carbonyl (C=O) groups is 3. The van der Waals surface area contributed by atoms with Gasteiger partial charge in [0, 0.05) is 18.7 Å². The Bertz CT molecular complexity index is 754. The van der Waals surface area contributed by atoms with Gasteiger partial charge in [0.15, 0.2) is 0 Å². The molecule has 1 aromatic carbocycles. The molecule has 0 aromatic heterocycles. The van der Waals surface area contributed by atoms with Crippen LogP contribution in [0.1, 0.15) is 49.2 Å². The third-order valence-corrected chi connectivity index (χ3v) is 4.69. The monoisotopic (exact) mass is 390 g/mol. The minimum Gasteiger partial charge on any atom is -0.464 e. The zero-order valence-corrected chi connectivity index (χ0v) is 17.6. The quantitative estimate of drug-likeness (QED) is 0.742. The number of rotatable bonds is 3. The van der Waals surface area contributed by atoms with Crippen LogP contribution in [0.3, 0.4) is 0 Å². The summed E-state index contributed by atoms with van der Waals surface area (Å²) >= 11 is 0. The van der Waals surface area contributed by atoms with E-state index in [1.807, 2.05) is 26.0 Å².